The van der Waals surface area contributed by atoms with Gasteiger partial charge in [0.25, 0.3) is 0 Å². The Bertz CT molecular complexity index is 783. The number of unbranched alkanes of at least 4 members (excludes halogenated alkanes) is 2. The van der Waals surface area contributed by atoms with Gasteiger partial charge in [-0.25, -0.2) is 17.6 Å². The maximum Gasteiger partial charge on any atom is 0.159 e. The van der Waals surface area contributed by atoms with E-state index in [0.29, 0.717) is 28.7 Å². The summed E-state index contributed by atoms with van der Waals surface area (Å²) in [5.74, 6) is -3.16. The molecule has 0 nitrogen and oxygen atoms in total. The fraction of sp³-hybridized carbons (Fsp3) is 0.300. The molecule has 4 heteroatoms. The highest BCUT2D eigenvalue weighted by molar-refractivity contribution is 5.89. The van der Waals surface area contributed by atoms with Crippen LogP contribution in [0.2, 0.25) is 0 Å². The van der Waals surface area contributed by atoms with E-state index in [2.05, 4.69) is 6.92 Å². The molecule has 0 atom stereocenters. The average Bonchev–Trinajstić information content (AvgIpc) is 2.89. The summed E-state index contributed by atoms with van der Waals surface area (Å²) in [5.41, 5.74) is 1.94. The van der Waals surface area contributed by atoms with E-state index in [9.17, 15) is 17.6 Å². The van der Waals surface area contributed by atoms with Gasteiger partial charge in [-0.05, 0) is 65.8 Å². The molecular weight excluding hydrogens is 316 g/mol. The SMILES string of the molecule is CCCCCc1cc(F)c(C2=Cc3cc(F)c(F)cc3C2)c(F)c1. The number of halogens is 4. The predicted octanol–water partition coefficient (Wildman–Crippen LogP) is 6.07. The first-order valence-corrected chi connectivity index (χ1v) is 8.16. The van der Waals surface area contributed by atoms with Gasteiger partial charge in [0.05, 0.1) is 0 Å². The molecule has 24 heavy (non-hydrogen) atoms. The van der Waals surface area contributed by atoms with E-state index in [0.717, 1.165) is 31.4 Å². The highest BCUT2D eigenvalue weighted by Crippen LogP contribution is 2.35. The van der Waals surface area contributed by atoms with E-state index in [1.165, 1.54) is 18.2 Å². The molecule has 126 valence electrons. The van der Waals surface area contributed by atoms with Crippen LogP contribution >= 0.6 is 0 Å². The molecule has 3 rings (SSSR count). The summed E-state index contributed by atoms with van der Waals surface area (Å²) in [4.78, 5) is 0. The zero-order valence-corrected chi connectivity index (χ0v) is 13.4. The highest BCUT2D eigenvalue weighted by Gasteiger charge is 2.22. The fourth-order valence-electron chi connectivity index (χ4n) is 3.15. The molecule has 0 fully saturated rings. The molecule has 0 aliphatic heterocycles. The molecule has 0 radical (unpaired) electrons. The van der Waals surface area contributed by atoms with Gasteiger partial charge in [0.2, 0.25) is 0 Å². The minimum Gasteiger partial charge on any atom is -0.206 e. The van der Waals surface area contributed by atoms with E-state index in [1.54, 1.807) is 0 Å². The van der Waals surface area contributed by atoms with Crippen LogP contribution in [0.3, 0.4) is 0 Å². The molecule has 0 heterocycles. The molecule has 0 amide bonds. The summed E-state index contributed by atoms with van der Waals surface area (Å²) in [6, 6.07) is 4.87. The normalized spacial score (nSPS) is 13.1. The van der Waals surface area contributed by atoms with Crippen molar-refractivity contribution in [2.75, 3.05) is 0 Å². The lowest BCUT2D eigenvalue weighted by molar-refractivity contribution is 0.507. The Labute approximate surface area is 138 Å². The topological polar surface area (TPSA) is 0 Å². The number of allylic oxidation sites excluding steroid dienone is 1. The van der Waals surface area contributed by atoms with Gasteiger partial charge in [-0.2, -0.15) is 0 Å². The maximum absolute atomic E-state index is 14.4. The molecule has 0 aromatic heterocycles. The first-order valence-electron chi connectivity index (χ1n) is 8.16. The Kier molecular flexibility index (Phi) is 4.74. The lowest BCUT2D eigenvalue weighted by atomic mass is 9.98. The largest absolute Gasteiger partial charge is 0.206 e. The van der Waals surface area contributed by atoms with Gasteiger partial charge in [-0.15, -0.1) is 0 Å². The van der Waals surface area contributed by atoms with E-state index in [-0.39, 0.29) is 12.0 Å². The monoisotopic (exact) mass is 334 g/mol. The Morgan fingerprint density at radius 3 is 2.17 bits per heavy atom. The summed E-state index contributed by atoms with van der Waals surface area (Å²) in [7, 11) is 0. The summed E-state index contributed by atoms with van der Waals surface area (Å²) in [6.07, 6.45) is 5.30. The van der Waals surface area contributed by atoms with Crippen LogP contribution in [-0.4, -0.2) is 0 Å². The van der Waals surface area contributed by atoms with Crippen molar-refractivity contribution >= 4 is 11.6 Å². The van der Waals surface area contributed by atoms with E-state index >= 15 is 0 Å². The van der Waals surface area contributed by atoms with Crippen molar-refractivity contribution in [2.24, 2.45) is 0 Å². The number of fused-ring (bicyclic) bond motifs is 1. The zero-order valence-electron chi connectivity index (χ0n) is 13.4. The molecule has 0 unspecified atom stereocenters. The summed E-state index contributed by atoms with van der Waals surface area (Å²) in [5, 5.41) is 0. The average molecular weight is 334 g/mol. The van der Waals surface area contributed by atoms with Crippen LogP contribution in [0.4, 0.5) is 17.6 Å². The molecule has 0 saturated heterocycles. The molecule has 1 aliphatic rings. The minimum absolute atomic E-state index is 0.105. The molecule has 0 bridgehead atoms. The van der Waals surface area contributed by atoms with E-state index in [4.69, 9.17) is 0 Å². The van der Waals surface area contributed by atoms with Crippen molar-refractivity contribution in [2.45, 2.75) is 39.0 Å². The maximum atomic E-state index is 14.4. The van der Waals surface area contributed by atoms with Gasteiger partial charge in [0.15, 0.2) is 11.6 Å². The number of benzene rings is 2. The summed E-state index contributed by atoms with van der Waals surface area (Å²) in [6.45, 7) is 2.07. The van der Waals surface area contributed by atoms with Gasteiger partial charge in [-0.1, -0.05) is 25.8 Å². The first-order chi connectivity index (χ1) is 11.5. The minimum atomic E-state index is -0.960. The molecule has 1 aliphatic carbocycles. The Hall–Kier alpha value is -2.10. The van der Waals surface area contributed by atoms with Crippen LogP contribution in [-0.2, 0) is 12.8 Å². The number of aryl methyl sites for hydroxylation is 1. The second kappa shape index (κ2) is 6.80. The van der Waals surface area contributed by atoms with Crippen molar-refractivity contribution in [3.63, 3.8) is 0 Å². The second-order valence-corrected chi connectivity index (χ2v) is 6.20. The van der Waals surface area contributed by atoms with Gasteiger partial charge >= 0.3 is 0 Å². The molecule has 2 aromatic carbocycles. The van der Waals surface area contributed by atoms with E-state index < -0.39 is 23.3 Å². The number of rotatable bonds is 5. The summed E-state index contributed by atoms with van der Waals surface area (Å²) < 4.78 is 55.5. The molecule has 0 spiro atoms. The third kappa shape index (κ3) is 3.23. The summed E-state index contributed by atoms with van der Waals surface area (Å²) >= 11 is 0. The molecule has 0 saturated carbocycles. The van der Waals surface area contributed by atoms with Crippen molar-refractivity contribution in [3.05, 3.63) is 69.8 Å². The Balaban J connectivity index is 1.89. The van der Waals surface area contributed by atoms with Gasteiger partial charge in [0.1, 0.15) is 11.6 Å². The smallest absolute Gasteiger partial charge is 0.159 e. The van der Waals surface area contributed by atoms with E-state index in [1.807, 2.05) is 0 Å². The van der Waals surface area contributed by atoms with Crippen LogP contribution in [0.5, 0.6) is 0 Å². The van der Waals surface area contributed by atoms with Gasteiger partial charge in [-0.3, -0.25) is 0 Å². The second-order valence-electron chi connectivity index (χ2n) is 6.20. The lowest BCUT2D eigenvalue weighted by Gasteiger charge is -2.09. The molecule has 2 aromatic rings. The third-order valence-corrected chi connectivity index (χ3v) is 4.38. The van der Waals surface area contributed by atoms with Crippen LogP contribution in [0.15, 0.2) is 24.3 Å². The van der Waals surface area contributed by atoms with Crippen molar-refractivity contribution < 1.29 is 17.6 Å². The van der Waals surface area contributed by atoms with Crippen molar-refractivity contribution in [3.8, 4) is 0 Å². The van der Waals surface area contributed by atoms with Crippen LogP contribution in [0.1, 0.15) is 48.4 Å². The molecule has 0 N–H and O–H groups in total. The number of hydrogen-bond acceptors (Lipinski definition) is 0. The Morgan fingerprint density at radius 1 is 0.833 bits per heavy atom. The standard InChI is InChI=1S/C20H18F4/c1-2-3-4-5-12-6-18(23)20(19(24)7-12)15-8-13-10-16(21)17(22)11-14(13)9-15/h6-8,10-11H,2-5,9H2,1H3. The first kappa shape index (κ1) is 16.7. The van der Waals surface area contributed by atoms with Crippen molar-refractivity contribution in [1.29, 1.82) is 0 Å². The van der Waals surface area contributed by atoms with Crippen LogP contribution in [0.25, 0.3) is 11.6 Å². The predicted molar refractivity (Wildman–Crippen MR) is 87.5 cm³/mol. The molecular formula is C20H18F4. The Morgan fingerprint density at radius 2 is 1.50 bits per heavy atom. The zero-order chi connectivity index (χ0) is 17.3. The number of hydrogen-bond donors (Lipinski definition) is 0. The van der Waals surface area contributed by atoms with Crippen LogP contribution < -0.4 is 0 Å². The quantitative estimate of drug-likeness (QED) is 0.460. The van der Waals surface area contributed by atoms with Gasteiger partial charge in [0, 0.05) is 5.56 Å². The fourth-order valence-corrected chi connectivity index (χ4v) is 3.15. The van der Waals surface area contributed by atoms with Crippen LogP contribution in [0, 0.1) is 23.3 Å². The third-order valence-electron chi connectivity index (χ3n) is 4.38. The highest BCUT2D eigenvalue weighted by atomic mass is 19.2. The van der Waals surface area contributed by atoms with Crippen molar-refractivity contribution in [1.82, 2.24) is 0 Å². The van der Waals surface area contributed by atoms with Gasteiger partial charge < -0.3 is 0 Å². The lowest BCUT2D eigenvalue weighted by Crippen LogP contribution is -1.99.